The Balaban J connectivity index is 1.58. The van der Waals surface area contributed by atoms with E-state index in [0.29, 0.717) is 12.6 Å². The Labute approximate surface area is 114 Å². The van der Waals surface area contributed by atoms with Gasteiger partial charge in [-0.1, -0.05) is 0 Å². The van der Waals surface area contributed by atoms with Gasteiger partial charge in [0, 0.05) is 31.2 Å². The quantitative estimate of drug-likeness (QED) is 0.820. The van der Waals surface area contributed by atoms with E-state index in [0.717, 1.165) is 25.2 Å². The predicted octanol–water partition coefficient (Wildman–Crippen LogP) is 0.787. The molecule has 3 saturated heterocycles. The van der Waals surface area contributed by atoms with Gasteiger partial charge in [0.15, 0.2) is 0 Å². The van der Waals surface area contributed by atoms with Crippen LogP contribution in [0, 0.1) is 0 Å². The molecule has 3 aliphatic heterocycles. The van der Waals surface area contributed by atoms with Crippen LogP contribution in [0.5, 0.6) is 0 Å². The summed E-state index contributed by atoms with van der Waals surface area (Å²) in [5, 5.41) is 8.89. The highest BCUT2D eigenvalue weighted by Gasteiger charge is 2.41. The van der Waals surface area contributed by atoms with E-state index < -0.39 is 5.97 Å². The van der Waals surface area contributed by atoms with Gasteiger partial charge in [0.25, 0.3) is 0 Å². The summed E-state index contributed by atoms with van der Waals surface area (Å²) in [5.74, 6) is -0.754. The van der Waals surface area contributed by atoms with Crippen LogP contribution < -0.4 is 0 Å². The minimum Gasteiger partial charge on any atom is -0.481 e. The molecule has 3 atom stereocenters. The highest BCUT2D eigenvalue weighted by atomic mass is 16.5. The van der Waals surface area contributed by atoms with Crippen molar-refractivity contribution >= 4 is 5.97 Å². The van der Waals surface area contributed by atoms with E-state index in [4.69, 9.17) is 9.84 Å². The molecule has 0 aromatic carbocycles. The fourth-order valence-corrected chi connectivity index (χ4v) is 4.07. The zero-order valence-electron chi connectivity index (χ0n) is 11.6. The molecule has 1 N–H and O–H groups in total. The molecule has 0 saturated carbocycles. The summed E-state index contributed by atoms with van der Waals surface area (Å²) in [4.78, 5) is 15.8. The van der Waals surface area contributed by atoms with E-state index >= 15 is 0 Å². The normalized spacial score (nSPS) is 40.5. The number of carbonyl (C=O) groups is 1. The number of aliphatic carboxylic acids is 1. The van der Waals surface area contributed by atoms with E-state index in [-0.39, 0.29) is 12.5 Å². The second-order valence-electron chi connectivity index (χ2n) is 6.26. The minimum atomic E-state index is -0.754. The Hall–Kier alpha value is -0.650. The molecule has 2 bridgehead atoms. The van der Waals surface area contributed by atoms with Crippen molar-refractivity contribution in [1.29, 1.82) is 0 Å². The molecule has 0 aromatic rings. The molecule has 5 nitrogen and oxygen atoms in total. The van der Waals surface area contributed by atoms with Gasteiger partial charge in [-0.25, -0.2) is 0 Å². The summed E-state index contributed by atoms with van der Waals surface area (Å²) in [5.41, 5.74) is 0. The van der Waals surface area contributed by atoms with E-state index in [2.05, 4.69) is 16.8 Å². The van der Waals surface area contributed by atoms with Crippen molar-refractivity contribution < 1.29 is 14.6 Å². The van der Waals surface area contributed by atoms with Gasteiger partial charge in [0.05, 0.1) is 19.1 Å². The highest BCUT2D eigenvalue weighted by Crippen LogP contribution is 2.36. The van der Waals surface area contributed by atoms with Crippen LogP contribution in [0.4, 0.5) is 0 Å². The van der Waals surface area contributed by atoms with Crippen molar-refractivity contribution in [2.75, 3.05) is 26.7 Å². The van der Waals surface area contributed by atoms with Gasteiger partial charge in [0.1, 0.15) is 0 Å². The van der Waals surface area contributed by atoms with Crippen LogP contribution in [0.3, 0.4) is 0 Å². The van der Waals surface area contributed by atoms with Crippen molar-refractivity contribution in [3.05, 3.63) is 0 Å². The van der Waals surface area contributed by atoms with Gasteiger partial charge in [0.2, 0.25) is 0 Å². The number of rotatable bonds is 3. The predicted molar refractivity (Wildman–Crippen MR) is 71.2 cm³/mol. The average molecular weight is 268 g/mol. The lowest BCUT2D eigenvalue weighted by molar-refractivity contribution is -0.143. The molecule has 0 aromatic heterocycles. The summed E-state index contributed by atoms with van der Waals surface area (Å²) < 4.78 is 5.57. The number of piperidine rings is 1. The summed E-state index contributed by atoms with van der Waals surface area (Å²) in [6.07, 6.45) is 5.17. The largest absolute Gasteiger partial charge is 0.481 e. The number of fused-ring (bicyclic) bond motifs is 2. The maximum atomic E-state index is 10.8. The first-order valence-electron chi connectivity index (χ1n) is 7.43. The topological polar surface area (TPSA) is 53.0 Å². The van der Waals surface area contributed by atoms with Crippen molar-refractivity contribution in [1.82, 2.24) is 9.80 Å². The Morgan fingerprint density at radius 2 is 1.95 bits per heavy atom. The number of ether oxygens (including phenoxy) is 1. The SMILES string of the molecule is CN1C2CCC1CC(N1CCOC(CC(=O)O)C1)C2. The molecule has 3 unspecified atom stereocenters. The first-order chi connectivity index (χ1) is 9.13. The number of hydrogen-bond donors (Lipinski definition) is 1. The third kappa shape index (κ3) is 2.78. The summed E-state index contributed by atoms with van der Waals surface area (Å²) in [6, 6.07) is 2.11. The van der Waals surface area contributed by atoms with Gasteiger partial charge in [-0.05, 0) is 32.7 Å². The molecule has 0 spiro atoms. The fraction of sp³-hybridized carbons (Fsp3) is 0.929. The second-order valence-corrected chi connectivity index (χ2v) is 6.26. The van der Waals surface area contributed by atoms with Crippen LogP contribution in [0.2, 0.25) is 0 Å². The standard InChI is InChI=1S/C14H24N2O3/c1-15-10-2-3-11(15)7-12(6-10)16-4-5-19-13(9-16)8-14(17)18/h10-13H,2-9H2,1H3,(H,17,18). The van der Waals surface area contributed by atoms with Crippen LogP contribution >= 0.6 is 0 Å². The number of morpholine rings is 1. The molecule has 0 radical (unpaired) electrons. The van der Waals surface area contributed by atoms with Crippen LogP contribution in [-0.4, -0.2) is 71.8 Å². The molecular formula is C14H24N2O3. The van der Waals surface area contributed by atoms with E-state index in [1.807, 2.05) is 0 Å². The van der Waals surface area contributed by atoms with Gasteiger partial charge in [-0.2, -0.15) is 0 Å². The Bertz CT molecular complexity index is 336. The lowest BCUT2D eigenvalue weighted by Crippen LogP contribution is -2.54. The van der Waals surface area contributed by atoms with Crippen LogP contribution in [0.15, 0.2) is 0 Å². The number of hydrogen-bond acceptors (Lipinski definition) is 4. The van der Waals surface area contributed by atoms with Crippen molar-refractivity contribution in [2.45, 2.75) is 56.3 Å². The zero-order valence-corrected chi connectivity index (χ0v) is 11.6. The number of carboxylic acids is 1. The van der Waals surface area contributed by atoms with Crippen molar-refractivity contribution in [3.8, 4) is 0 Å². The molecule has 0 amide bonds. The molecule has 3 fully saturated rings. The lowest BCUT2D eigenvalue weighted by Gasteiger charge is -2.44. The average Bonchev–Trinajstić information content (AvgIpc) is 2.62. The first-order valence-corrected chi connectivity index (χ1v) is 7.43. The molecule has 0 aliphatic carbocycles. The number of nitrogens with zero attached hydrogens (tertiary/aromatic N) is 2. The number of carboxylic acid groups (broad SMARTS) is 1. The molecular weight excluding hydrogens is 244 g/mol. The summed E-state index contributed by atoms with van der Waals surface area (Å²) in [6.45, 7) is 2.43. The van der Waals surface area contributed by atoms with Gasteiger partial charge >= 0.3 is 5.97 Å². The maximum Gasteiger partial charge on any atom is 0.306 e. The molecule has 5 heteroatoms. The fourth-order valence-electron chi connectivity index (χ4n) is 4.07. The molecule has 19 heavy (non-hydrogen) atoms. The van der Waals surface area contributed by atoms with E-state index in [9.17, 15) is 4.79 Å². The van der Waals surface area contributed by atoms with E-state index in [1.165, 1.54) is 25.7 Å². The Kier molecular flexibility index (Phi) is 3.78. The summed E-state index contributed by atoms with van der Waals surface area (Å²) >= 11 is 0. The van der Waals surface area contributed by atoms with Gasteiger partial charge in [-0.3, -0.25) is 9.69 Å². The van der Waals surface area contributed by atoms with Crippen LogP contribution in [0.25, 0.3) is 0 Å². The van der Waals surface area contributed by atoms with Gasteiger partial charge < -0.3 is 14.7 Å². The molecule has 3 heterocycles. The van der Waals surface area contributed by atoms with Crippen molar-refractivity contribution in [2.24, 2.45) is 0 Å². The van der Waals surface area contributed by atoms with Crippen LogP contribution in [0.1, 0.15) is 32.1 Å². The smallest absolute Gasteiger partial charge is 0.306 e. The first kappa shape index (κ1) is 13.3. The van der Waals surface area contributed by atoms with Crippen LogP contribution in [-0.2, 0) is 9.53 Å². The molecule has 3 rings (SSSR count). The molecule has 3 aliphatic rings. The third-order valence-corrected chi connectivity index (χ3v) is 5.16. The monoisotopic (exact) mass is 268 g/mol. The lowest BCUT2D eigenvalue weighted by atomic mass is 9.95. The maximum absolute atomic E-state index is 10.8. The second kappa shape index (κ2) is 5.38. The minimum absolute atomic E-state index is 0.122. The summed E-state index contributed by atoms with van der Waals surface area (Å²) in [7, 11) is 2.26. The Morgan fingerprint density at radius 1 is 1.26 bits per heavy atom. The van der Waals surface area contributed by atoms with Crippen molar-refractivity contribution in [3.63, 3.8) is 0 Å². The highest BCUT2D eigenvalue weighted by molar-refractivity contribution is 5.67. The third-order valence-electron chi connectivity index (χ3n) is 5.16. The zero-order chi connectivity index (χ0) is 13.4. The molecule has 108 valence electrons. The van der Waals surface area contributed by atoms with Gasteiger partial charge in [-0.15, -0.1) is 0 Å². The van der Waals surface area contributed by atoms with E-state index in [1.54, 1.807) is 0 Å². The Morgan fingerprint density at radius 3 is 2.58 bits per heavy atom.